The van der Waals surface area contributed by atoms with Crippen LogP contribution in [-0.4, -0.2) is 34.1 Å². The number of benzene rings is 2. The van der Waals surface area contributed by atoms with E-state index in [9.17, 15) is 14.4 Å². The topological polar surface area (TPSA) is 66.5 Å². The van der Waals surface area contributed by atoms with Crippen LogP contribution in [0.15, 0.2) is 48.5 Å². The number of rotatable bonds is 5. The van der Waals surface area contributed by atoms with Crippen LogP contribution in [0.3, 0.4) is 0 Å². The van der Waals surface area contributed by atoms with Crippen molar-refractivity contribution in [3.05, 3.63) is 65.2 Å². The molecule has 162 valence electrons. The Labute approximate surface area is 183 Å². The van der Waals surface area contributed by atoms with Gasteiger partial charge in [-0.1, -0.05) is 50.1 Å². The van der Waals surface area contributed by atoms with Gasteiger partial charge in [-0.25, -0.2) is 0 Å². The number of nitrogens with zero attached hydrogens (tertiary/aromatic N) is 1. The fraction of sp³-hybridized carbons (Fsp3) is 0.423. The van der Waals surface area contributed by atoms with Crippen molar-refractivity contribution in [2.24, 2.45) is 0 Å². The third-order valence-electron chi connectivity index (χ3n) is 7.04. The van der Waals surface area contributed by atoms with Crippen molar-refractivity contribution >= 4 is 23.3 Å². The van der Waals surface area contributed by atoms with Crippen LogP contribution in [0, 0.1) is 0 Å². The highest BCUT2D eigenvalue weighted by molar-refractivity contribution is 6.05. The van der Waals surface area contributed by atoms with Gasteiger partial charge in [0.15, 0.2) is 5.78 Å². The molecule has 0 aromatic heterocycles. The molecular formula is C26H30N2O3. The Morgan fingerprint density at radius 2 is 1.84 bits per heavy atom. The van der Waals surface area contributed by atoms with Crippen LogP contribution in [0.1, 0.15) is 85.1 Å². The second kappa shape index (κ2) is 8.29. The molecule has 2 amide bonds. The van der Waals surface area contributed by atoms with Gasteiger partial charge in [0.1, 0.15) is 0 Å². The summed E-state index contributed by atoms with van der Waals surface area (Å²) in [7, 11) is 0. The molecule has 2 aromatic rings. The lowest BCUT2D eigenvalue weighted by Gasteiger charge is -2.52. The van der Waals surface area contributed by atoms with Gasteiger partial charge in [-0.05, 0) is 56.9 Å². The second-order valence-electron chi connectivity index (χ2n) is 8.89. The summed E-state index contributed by atoms with van der Waals surface area (Å²) in [4.78, 5) is 41.2. The maximum atomic E-state index is 13.8. The number of fused-ring (bicyclic) bond motifs is 1. The highest BCUT2D eigenvalue weighted by atomic mass is 16.2. The lowest BCUT2D eigenvalue weighted by molar-refractivity contribution is -0.121. The van der Waals surface area contributed by atoms with Gasteiger partial charge < -0.3 is 10.2 Å². The summed E-state index contributed by atoms with van der Waals surface area (Å²) < 4.78 is 0. The standard InChI is InChI=1S/C26H30N2O3/c1-4-17(2)28-25(31)22-13-6-5-12-21(22)23(26(28)14-7-8-15-26)24(30)27-20-11-9-10-19(16-20)18(3)29/h5-6,9-13,16-17,23H,4,7-8,14-15H2,1-3H3,(H,27,30)/t17-,23+/m0/s1. The van der Waals surface area contributed by atoms with Gasteiger partial charge >= 0.3 is 0 Å². The van der Waals surface area contributed by atoms with Gasteiger partial charge in [-0.3, -0.25) is 14.4 Å². The first-order chi connectivity index (χ1) is 14.9. The molecule has 1 N–H and O–H groups in total. The third-order valence-corrected chi connectivity index (χ3v) is 7.04. The van der Waals surface area contributed by atoms with E-state index in [0.29, 0.717) is 16.8 Å². The summed E-state index contributed by atoms with van der Waals surface area (Å²) in [6.45, 7) is 5.68. The number of amides is 2. The van der Waals surface area contributed by atoms with E-state index >= 15 is 0 Å². The van der Waals surface area contributed by atoms with Gasteiger partial charge in [-0.2, -0.15) is 0 Å². The summed E-state index contributed by atoms with van der Waals surface area (Å²) in [6, 6.07) is 14.6. The van der Waals surface area contributed by atoms with E-state index in [0.717, 1.165) is 37.7 Å². The first kappa shape index (κ1) is 21.3. The van der Waals surface area contributed by atoms with Crippen molar-refractivity contribution in [2.75, 3.05) is 5.32 Å². The first-order valence-electron chi connectivity index (χ1n) is 11.2. The largest absolute Gasteiger partial charge is 0.329 e. The van der Waals surface area contributed by atoms with E-state index in [1.165, 1.54) is 6.92 Å². The van der Waals surface area contributed by atoms with E-state index in [2.05, 4.69) is 19.2 Å². The molecule has 1 saturated carbocycles. The fourth-order valence-corrected chi connectivity index (χ4v) is 5.46. The van der Waals surface area contributed by atoms with Crippen molar-refractivity contribution in [2.45, 2.75) is 70.4 Å². The van der Waals surface area contributed by atoms with Crippen LogP contribution in [0.4, 0.5) is 5.69 Å². The number of carbonyl (C=O) groups excluding carboxylic acids is 3. The van der Waals surface area contributed by atoms with Crippen molar-refractivity contribution < 1.29 is 14.4 Å². The average molecular weight is 419 g/mol. The van der Waals surface area contributed by atoms with Crippen LogP contribution in [0.5, 0.6) is 0 Å². The molecule has 31 heavy (non-hydrogen) atoms. The lowest BCUT2D eigenvalue weighted by atomic mass is 9.70. The Hall–Kier alpha value is -2.95. The van der Waals surface area contributed by atoms with E-state index < -0.39 is 11.5 Å². The summed E-state index contributed by atoms with van der Waals surface area (Å²) in [5.41, 5.74) is 2.10. The third kappa shape index (κ3) is 3.56. The van der Waals surface area contributed by atoms with Crippen molar-refractivity contribution in [1.29, 1.82) is 0 Å². The highest BCUT2D eigenvalue weighted by Crippen LogP contribution is 2.51. The number of hydrogen-bond donors (Lipinski definition) is 1. The molecule has 1 aliphatic heterocycles. The van der Waals surface area contributed by atoms with Gasteiger partial charge in [0, 0.05) is 22.9 Å². The van der Waals surface area contributed by atoms with Crippen LogP contribution in [-0.2, 0) is 4.79 Å². The number of carbonyl (C=O) groups is 3. The van der Waals surface area contributed by atoms with E-state index in [1.807, 2.05) is 29.2 Å². The van der Waals surface area contributed by atoms with Crippen LogP contribution >= 0.6 is 0 Å². The van der Waals surface area contributed by atoms with E-state index in [1.54, 1.807) is 24.3 Å². The quantitative estimate of drug-likeness (QED) is 0.681. The van der Waals surface area contributed by atoms with Crippen molar-refractivity contribution in [3.8, 4) is 0 Å². The van der Waals surface area contributed by atoms with E-state index in [4.69, 9.17) is 0 Å². The predicted octanol–water partition coefficient (Wildman–Crippen LogP) is 5.18. The first-order valence-corrected chi connectivity index (χ1v) is 11.2. The molecule has 0 saturated heterocycles. The summed E-state index contributed by atoms with van der Waals surface area (Å²) in [5, 5.41) is 3.06. The van der Waals surface area contributed by atoms with Gasteiger partial charge in [-0.15, -0.1) is 0 Å². The van der Waals surface area contributed by atoms with Gasteiger partial charge in [0.05, 0.1) is 11.5 Å². The number of nitrogens with one attached hydrogen (secondary N) is 1. The molecule has 1 fully saturated rings. The molecule has 2 aromatic carbocycles. The lowest BCUT2D eigenvalue weighted by Crippen LogP contribution is -2.62. The van der Waals surface area contributed by atoms with Crippen molar-refractivity contribution in [3.63, 3.8) is 0 Å². The molecule has 0 bridgehead atoms. The zero-order valence-electron chi connectivity index (χ0n) is 18.5. The molecule has 1 spiro atoms. The van der Waals surface area contributed by atoms with Crippen molar-refractivity contribution in [1.82, 2.24) is 4.90 Å². The van der Waals surface area contributed by atoms with Gasteiger partial charge in [0.25, 0.3) is 5.91 Å². The average Bonchev–Trinajstić information content (AvgIpc) is 3.23. The number of ketones is 1. The minimum absolute atomic E-state index is 0.0366. The Morgan fingerprint density at radius 1 is 1.13 bits per heavy atom. The Balaban J connectivity index is 1.80. The number of Topliss-reactive ketones (excluding diaryl/α,β-unsaturated/α-hetero) is 1. The van der Waals surface area contributed by atoms with Gasteiger partial charge in [0.2, 0.25) is 5.91 Å². The normalized spacial score (nSPS) is 20.4. The molecule has 4 rings (SSSR count). The molecule has 5 nitrogen and oxygen atoms in total. The minimum atomic E-state index is -0.511. The second-order valence-corrected chi connectivity index (χ2v) is 8.89. The Morgan fingerprint density at radius 3 is 2.52 bits per heavy atom. The summed E-state index contributed by atoms with van der Waals surface area (Å²) in [6.07, 6.45) is 4.49. The smallest absolute Gasteiger partial charge is 0.254 e. The summed E-state index contributed by atoms with van der Waals surface area (Å²) in [5.74, 6) is -0.566. The minimum Gasteiger partial charge on any atom is -0.329 e. The maximum absolute atomic E-state index is 13.8. The van der Waals surface area contributed by atoms with Crippen LogP contribution < -0.4 is 5.32 Å². The number of anilines is 1. The fourth-order valence-electron chi connectivity index (χ4n) is 5.46. The monoisotopic (exact) mass is 418 g/mol. The molecular weight excluding hydrogens is 388 g/mol. The number of hydrogen-bond acceptors (Lipinski definition) is 3. The summed E-state index contributed by atoms with van der Waals surface area (Å²) >= 11 is 0. The molecule has 2 atom stereocenters. The SMILES string of the molecule is CC[C@H](C)N1C(=O)c2ccccc2[C@H](C(=O)Nc2cccc(C(C)=O)c2)C12CCCC2. The van der Waals surface area contributed by atoms with E-state index in [-0.39, 0.29) is 23.6 Å². The predicted molar refractivity (Wildman–Crippen MR) is 121 cm³/mol. The van der Waals surface area contributed by atoms with Crippen LogP contribution in [0.25, 0.3) is 0 Å². The molecule has 1 aliphatic carbocycles. The molecule has 1 heterocycles. The molecule has 2 aliphatic rings. The highest BCUT2D eigenvalue weighted by Gasteiger charge is 2.56. The van der Waals surface area contributed by atoms with Crippen LogP contribution in [0.2, 0.25) is 0 Å². The Kier molecular flexibility index (Phi) is 5.69. The maximum Gasteiger partial charge on any atom is 0.254 e. The molecule has 5 heteroatoms. The molecule has 0 unspecified atom stereocenters. The zero-order chi connectivity index (χ0) is 22.2. The Bertz CT molecular complexity index is 1020. The molecule has 0 radical (unpaired) electrons. The zero-order valence-corrected chi connectivity index (χ0v) is 18.5.